The maximum atomic E-state index is 12.1. The maximum absolute atomic E-state index is 12.1. The van der Waals surface area contributed by atoms with Crippen LogP contribution in [0.3, 0.4) is 0 Å². The van der Waals surface area contributed by atoms with E-state index in [2.05, 4.69) is 4.99 Å². The van der Waals surface area contributed by atoms with Gasteiger partial charge in [-0.25, -0.2) is 9.79 Å². The fourth-order valence-corrected chi connectivity index (χ4v) is 3.36. The van der Waals surface area contributed by atoms with Crippen molar-refractivity contribution in [2.75, 3.05) is 0 Å². The van der Waals surface area contributed by atoms with Crippen molar-refractivity contribution in [2.24, 2.45) is 4.99 Å². The Morgan fingerprint density at radius 1 is 1.03 bits per heavy atom. The Bertz CT molecular complexity index is 1270. The number of cyclic esters (lactones) is 1. The number of ether oxygens (including phenoxy) is 2. The third-order valence-electron chi connectivity index (χ3n) is 4.09. The molecule has 3 aromatic rings. The lowest BCUT2D eigenvalue weighted by molar-refractivity contribution is -0.394. The van der Waals surface area contributed by atoms with Gasteiger partial charge in [-0.05, 0) is 41.3 Å². The van der Waals surface area contributed by atoms with Crippen LogP contribution < -0.4 is 4.74 Å². The summed E-state index contributed by atoms with van der Waals surface area (Å²) in [6.07, 6.45) is 1.50. The number of hydrogen-bond donors (Lipinski definition) is 0. The molecule has 31 heavy (non-hydrogen) atoms. The Morgan fingerprint density at radius 3 is 2.58 bits per heavy atom. The number of rotatable bonds is 6. The Morgan fingerprint density at radius 2 is 1.87 bits per heavy atom. The quantitative estimate of drug-likeness (QED) is 0.236. The van der Waals surface area contributed by atoms with Crippen LogP contribution >= 0.6 is 11.3 Å². The van der Waals surface area contributed by atoms with Crippen molar-refractivity contribution in [1.82, 2.24) is 0 Å². The van der Waals surface area contributed by atoms with Crippen molar-refractivity contribution in [3.8, 4) is 11.5 Å². The van der Waals surface area contributed by atoms with Crippen LogP contribution in [0, 0.1) is 20.2 Å². The smallest absolute Gasteiger partial charge is 0.363 e. The molecule has 1 aliphatic rings. The van der Waals surface area contributed by atoms with Crippen molar-refractivity contribution in [3.63, 3.8) is 0 Å². The maximum Gasteiger partial charge on any atom is 0.363 e. The summed E-state index contributed by atoms with van der Waals surface area (Å²) >= 11 is 1.39. The summed E-state index contributed by atoms with van der Waals surface area (Å²) in [7, 11) is 0. The molecule has 0 fully saturated rings. The predicted octanol–water partition coefficient (Wildman–Crippen LogP) is 4.70. The number of hydrogen-bond acceptors (Lipinski definition) is 9. The number of esters is 1. The van der Waals surface area contributed by atoms with Crippen LogP contribution in [-0.2, 0) is 9.53 Å². The van der Waals surface area contributed by atoms with Gasteiger partial charge in [-0.1, -0.05) is 18.2 Å². The van der Waals surface area contributed by atoms with Gasteiger partial charge >= 0.3 is 11.7 Å². The number of non-ortho nitro benzene ring substituents is 1. The Balaban J connectivity index is 1.61. The molecular weight excluding hydrogens is 426 g/mol. The zero-order valence-corrected chi connectivity index (χ0v) is 16.3. The summed E-state index contributed by atoms with van der Waals surface area (Å²) in [6.45, 7) is 0. The van der Waals surface area contributed by atoms with Crippen LogP contribution in [0.2, 0.25) is 0 Å². The molecule has 0 saturated heterocycles. The van der Waals surface area contributed by atoms with Gasteiger partial charge in [0.25, 0.3) is 5.69 Å². The predicted molar refractivity (Wildman–Crippen MR) is 111 cm³/mol. The third kappa shape index (κ3) is 4.31. The molecule has 0 N–H and O–H groups in total. The highest BCUT2D eigenvalue weighted by molar-refractivity contribution is 7.12. The fraction of sp³-hybridized carbons (Fsp3) is 0. The van der Waals surface area contributed by atoms with Crippen molar-refractivity contribution in [3.05, 3.63) is 96.3 Å². The lowest BCUT2D eigenvalue weighted by Crippen LogP contribution is -2.03. The second-order valence-corrected chi connectivity index (χ2v) is 7.10. The van der Waals surface area contributed by atoms with E-state index in [0.717, 1.165) is 23.1 Å². The first-order valence-corrected chi connectivity index (χ1v) is 9.56. The van der Waals surface area contributed by atoms with Gasteiger partial charge in [-0.2, -0.15) is 0 Å². The highest BCUT2D eigenvalue weighted by Crippen LogP contribution is 2.34. The standard InChI is InChI=1S/C20H11N3O7S/c24-20-15(21-19(30-20)18-5-2-8-31-18)10-12-3-1-4-14(9-12)29-17-7-6-13(22(25)26)11-16(17)23(27)28/h1-11H. The molecule has 0 aliphatic carbocycles. The number of carbonyl (C=O) groups excluding carboxylic acids is 1. The minimum absolute atomic E-state index is 0.0990. The topological polar surface area (TPSA) is 134 Å². The Labute approximate surface area is 178 Å². The van der Waals surface area contributed by atoms with Crippen molar-refractivity contribution in [2.45, 2.75) is 0 Å². The Hall–Kier alpha value is -4.38. The van der Waals surface area contributed by atoms with Crippen LogP contribution in [0.25, 0.3) is 6.08 Å². The lowest BCUT2D eigenvalue weighted by atomic mass is 10.2. The lowest BCUT2D eigenvalue weighted by Gasteiger charge is -2.07. The third-order valence-corrected chi connectivity index (χ3v) is 4.95. The number of nitro benzene ring substituents is 2. The van der Waals surface area contributed by atoms with Crippen molar-refractivity contribution in [1.29, 1.82) is 0 Å². The van der Waals surface area contributed by atoms with E-state index < -0.39 is 27.2 Å². The molecule has 0 saturated carbocycles. The van der Waals surface area contributed by atoms with Gasteiger partial charge in [0.1, 0.15) is 5.75 Å². The summed E-state index contributed by atoms with van der Waals surface area (Å²) in [5, 5.41) is 24.0. The fourth-order valence-electron chi connectivity index (χ4n) is 2.72. The monoisotopic (exact) mass is 437 g/mol. The second-order valence-electron chi connectivity index (χ2n) is 6.15. The first kappa shape index (κ1) is 19.9. The van der Waals surface area contributed by atoms with E-state index >= 15 is 0 Å². The van der Waals surface area contributed by atoms with E-state index in [1.807, 2.05) is 11.4 Å². The average molecular weight is 437 g/mol. The summed E-state index contributed by atoms with van der Waals surface area (Å²) < 4.78 is 10.8. The number of aliphatic imine (C=N–C) groups is 1. The molecule has 0 atom stereocenters. The summed E-state index contributed by atoms with van der Waals surface area (Å²) in [5.41, 5.74) is -0.314. The molecule has 0 unspecified atom stereocenters. The van der Waals surface area contributed by atoms with Crippen LogP contribution in [0.1, 0.15) is 10.4 Å². The summed E-state index contributed by atoms with van der Waals surface area (Å²) in [6, 6.07) is 13.1. The molecule has 1 aromatic heterocycles. The van der Waals surface area contributed by atoms with Gasteiger partial charge in [-0.15, -0.1) is 11.3 Å². The molecule has 0 radical (unpaired) electrons. The van der Waals surface area contributed by atoms with E-state index in [9.17, 15) is 25.0 Å². The second kappa shape index (κ2) is 8.16. The van der Waals surface area contributed by atoms with Gasteiger partial charge in [0, 0.05) is 6.07 Å². The molecule has 1 aliphatic heterocycles. The molecule has 0 bridgehead atoms. The van der Waals surface area contributed by atoms with Gasteiger partial charge in [0.05, 0.1) is 20.8 Å². The van der Waals surface area contributed by atoms with Gasteiger partial charge in [0.15, 0.2) is 5.70 Å². The van der Waals surface area contributed by atoms with E-state index in [1.165, 1.54) is 17.4 Å². The molecule has 2 aromatic carbocycles. The number of nitrogens with zero attached hydrogens (tertiary/aromatic N) is 3. The van der Waals surface area contributed by atoms with Crippen molar-refractivity contribution >= 4 is 40.7 Å². The summed E-state index contributed by atoms with van der Waals surface area (Å²) in [4.78, 5) is 37.7. The highest BCUT2D eigenvalue weighted by atomic mass is 32.1. The van der Waals surface area contributed by atoms with Crippen LogP contribution in [0.4, 0.5) is 11.4 Å². The van der Waals surface area contributed by atoms with Gasteiger partial charge in [0.2, 0.25) is 11.6 Å². The van der Waals surface area contributed by atoms with Gasteiger partial charge in [-0.3, -0.25) is 20.2 Å². The number of carbonyl (C=O) groups is 1. The van der Waals surface area contributed by atoms with E-state index in [0.29, 0.717) is 5.56 Å². The van der Waals surface area contributed by atoms with Gasteiger partial charge < -0.3 is 9.47 Å². The van der Waals surface area contributed by atoms with Crippen molar-refractivity contribution < 1.29 is 24.1 Å². The number of thiophene rings is 1. The molecular formula is C20H11N3O7S. The molecule has 154 valence electrons. The van der Waals surface area contributed by atoms with E-state index in [4.69, 9.17) is 9.47 Å². The molecule has 4 rings (SSSR count). The molecule has 0 amide bonds. The summed E-state index contributed by atoms with van der Waals surface area (Å²) in [5.74, 6) is -0.292. The molecule has 2 heterocycles. The van der Waals surface area contributed by atoms with Crippen LogP contribution in [0.5, 0.6) is 11.5 Å². The average Bonchev–Trinajstić information content (AvgIpc) is 3.39. The first-order chi connectivity index (χ1) is 14.9. The molecule has 0 spiro atoms. The zero-order chi connectivity index (χ0) is 22.0. The zero-order valence-electron chi connectivity index (χ0n) is 15.5. The minimum atomic E-state index is -0.760. The normalized spacial score (nSPS) is 14.3. The highest BCUT2D eigenvalue weighted by Gasteiger charge is 2.25. The number of nitro groups is 2. The molecule has 10 nitrogen and oxygen atoms in total. The van der Waals surface area contributed by atoms with Crippen LogP contribution in [0.15, 0.2) is 70.7 Å². The Kier molecular flexibility index (Phi) is 5.24. The largest absolute Gasteiger partial charge is 0.450 e. The first-order valence-electron chi connectivity index (χ1n) is 8.68. The van der Waals surface area contributed by atoms with Crippen LogP contribution in [-0.4, -0.2) is 21.7 Å². The SMILES string of the molecule is O=C1OC(c2cccs2)=NC1=Cc1cccc(Oc2ccc([N+](=O)[O-])cc2[N+](=O)[O-])c1. The minimum Gasteiger partial charge on any atom is -0.450 e. The molecule has 11 heteroatoms. The number of benzene rings is 2. The van der Waals surface area contributed by atoms with E-state index in [-0.39, 0.29) is 23.1 Å². The van der Waals surface area contributed by atoms with E-state index in [1.54, 1.807) is 30.3 Å².